The number of halogens is 1. The molecule has 2 atom stereocenters. The zero-order chi connectivity index (χ0) is 20.6. The normalized spacial score (nSPS) is 22.1. The minimum atomic E-state index is -3.88. The predicted molar refractivity (Wildman–Crippen MR) is 105 cm³/mol. The molecule has 1 aromatic carbocycles. The molecule has 0 bridgehead atoms. The third kappa shape index (κ3) is 4.00. The molecule has 0 spiro atoms. The Morgan fingerprint density at radius 1 is 1.46 bits per heavy atom. The van der Waals surface area contributed by atoms with Gasteiger partial charge in [-0.25, -0.2) is 0 Å². The van der Waals surface area contributed by atoms with Crippen molar-refractivity contribution in [1.29, 1.82) is 0 Å². The van der Waals surface area contributed by atoms with Crippen molar-refractivity contribution in [3.05, 3.63) is 40.7 Å². The minimum absolute atomic E-state index is 0.119. The van der Waals surface area contributed by atoms with Crippen molar-refractivity contribution < 1.29 is 18.3 Å². The van der Waals surface area contributed by atoms with Gasteiger partial charge in [0.2, 0.25) is 5.91 Å². The van der Waals surface area contributed by atoms with Crippen molar-refractivity contribution in [2.75, 3.05) is 12.4 Å². The number of carbonyl (C=O) groups is 1. The third-order valence-electron chi connectivity index (χ3n) is 4.77. The minimum Gasteiger partial charge on any atom is -0.506 e. The maximum atomic E-state index is 12.8. The summed E-state index contributed by atoms with van der Waals surface area (Å²) in [7, 11) is -2.54. The van der Waals surface area contributed by atoms with E-state index in [1.807, 2.05) is 6.92 Å². The van der Waals surface area contributed by atoms with E-state index in [1.54, 1.807) is 17.8 Å². The van der Waals surface area contributed by atoms with Crippen LogP contribution in [0, 0.1) is 6.92 Å². The molecule has 0 aliphatic carbocycles. The molecule has 0 radical (unpaired) electrons. The van der Waals surface area contributed by atoms with Crippen molar-refractivity contribution in [1.82, 2.24) is 18.8 Å². The molecule has 28 heavy (non-hydrogen) atoms. The van der Waals surface area contributed by atoms with Crippen LogP contribution in [0.15, 0.2) is 24.4 Å². The highest BCUT2D eigenvalue weighted by Gasteiger charge is 2.41. The zero-order valence-electron chi connectivity index (χ0n) is 15.7. The predicted octanol–water partition coefficient (Wildman–Crippen LogP) is 1.79. The van der Waals surface area contributed by atoms with Gasteiger partial charge in [-0.3, -0.25) is 9.48 Å². The number of carbonyl (C=O) groups excluding carboxylic acids is 1. The van der Waals surface area contributed by atoms with Gasteiger partial charge in [-0.1, -0.05) is 11.6 Å². The molecule has 1 aliphatic rings. The molecule has 9 nitrogen and oxygen atoms in total. The van der Waals surface area contributed by atoms with Crippen LogP contribution >= 0.6 is 11.6 Å². The smallest absolute Gasteiger partial charge is 0.280 e. The van der Waals surface area contributed by atoms with Crippen LogP contribution in [0.25, 0.3) is 0 Å². The molecule has 152 valence electrons. The van der Waals surface area contributed by atoms with E-state index in [1.165, 1.54) is 25.2 Å². The fourth-order valence-corrected chi connectivity index (χ4v) is 4.61. The second-order valence-electron chi connectivity index (χ2n) is 6.62. The standard InChI is InChI=1S/C17H22ClN5O4S/c1-4-23-9-12(10(2)20-23)13-8-15(22(3)28(26,27)21-13)17(25)19-14-7-11(18)5-6-16(14)24/h5-7,9,13,15,21,24H,4,8H2,1-3H3,(H,19,25)/t13-,15-/m1/s1. The topological polar surface area (TPSA) is 117 Å². The number of hydrogen-bond acceptors (Lipinski definition) is 5. The van der Waals surface area contributed by atoms with Gasteiger partial charge < -0.3 is 10.4 Å². The SMILES string of the molecule is CCn1cc([C@H]2C[C@H](C(=O)Nc3cc(Cl)ccc3O)N(C)S(=O)(=O)N2)c(C)n1. The summed E-state index contributed by atoms with van der Waals surface area (Å²) < 4.78 is 30.5. The number of aromatic nitrogens is 2. The average Bonchev–Trinajstić information content (AvgIpc) is 3.01. The monoisotopic (exact) mass is 427 g/mol. The van der Waals surface area contributed by atoms with Gasteiger partial charge in [-0.15, -0.1) is 0 Å². The molecule has 1 fully saturated rings. The molecule has 2 aromatic rings. The average molecular weight is 428 g/mol. The summed E-state index contributed by atoms with van der Waals surface area (Å²) in [5, 5.41) is 17.2. The van der Waals surface area contributed by atoms with Crippen LogP contribution in [0.5, 0.6) is 5.75 Å². The summed E-state index contributed by atoms with van der Waals surface area (Å²) in [6, 6.07) is 2.67. The van der Waals surface area contributed by atoms with E-state index in [-0.39, 0.29) is 17.9 Å². The molecular formula is C17H22ClN5O4S. The molecule has 1 aliphatic heterocycles. The van der Waals surface area contributed by atoms with E-state index in [4.69, 9.17) is 11.6 Å². The van der Waals surface area contributed by atoms with Crippen molar-refractivity contribution in [2.45, 2.75) is 38.9 Å². The number of likely N-dealkylation sites (N-methyl/N-ethyl adjacent to an activating group) is 1. The van der Waals surface area contributed by atoms with Gasteiger partial charge in [0.05, 0.1) is 17.4 Å². The highest BCUT2D eigenvalue weighted by molar-refractivity contribution is 7.87. The van der Waals surface area contributed by atoms with E-state index in [0.29, 0.717) is 17.3 Å². The summed E-state index contributed by atoms with van der Waals surface area (Å²) >= 11 is 5.91. The first-order chi connectivity index (χ1) is 13.1. The van der Waals surface area contributed by atoms with Crippen molar-refractivity contribution in [2.24, 2.45) is 0 Å². The largest absolute Gasteiger partial charge is 0.506 e. The number of aryl methyl sites for hydroxylation is 2. The Balaban J connectivity index is 1.89. The molecule has 0 saturated carbocycles. The quantitative estimate of drug-likeness (QED) is 0.643. The first kappa shape index (κ1) is 20.6. The number of rotatable bonds is 4. The Bertz CT molecular complexity index is 1010. The first-order valence-corrected chi connectivity index (χ1v) is 10.5. The molecule has 11 heteroatoms. The third-order valence-corrected chi connectivity index (χ3v) is 6.60. The first-order valence-electron chi connectivity index (χ1n) is 8.71. The fourth-order valence-electron chi connectivity index (χ4n) is 3.17. The van der Waals surface area contributed by atoms with Gasteiger partial charge in [-0.05, 0) is 38.5 Å². The highest BCUT2D eigenvalue weighted by atomic mass is 35.5. The number of nitrogens with zero attached hydrogens (tertiary/aromatic N) is 3. The van der Waals surface area contributed by atoms with Gasteiger partial charge in [0, 0.05) is 30.4 Å². The Morgan fingerprint density at radius 2 is 2.18 bits per heavy atom. The van der Waals surface area contributed by atoms with E-state index in [2.05, 4.69) is 15.1 Å². The zero-order valence-corrected chi connectivity index (χ0v) is 17.3. The molecule has 0 unspecified atom stereocenters. The van der Waals surface area contributed by atoms with Crippen molar-refractivity contribution in [3.63, 3.8) is 0 Å². The Kier molecular flexibility index (Phi) is 5.67. The number of amides is 1. The van der Waals surface area contributed by atoms with Crippen LogP contribution in [0.2, 0.25) is 5.02 Å². The molecule has 1 aromatic heterocycles. The molecule has 1 amide bonds. The van der Waals surface area contributed by atoms with E-state index < -0.39 is 28.2 Å². The van der Waals surface area contributed by atoms with Gasteiger partial charge >= 0.3 is 0 Å². The van der Waals surface area contributed by atoms with Crippen LogP contribution in [0.3, 0.4) is 0 Å². The van der Waals surface area contributed by atoms with Crippen LogP contribution < -0.4 is 10.0 Å². The number of aromatic hydroxyl groups is 1. The number of phenols is 1. The number of anilines is 1. The Morgan fingerprint density at radius 3 is 2.82 bits per heavy atom. The number of nitrogens with one attached hydrogen (secondary N) is 2. The van der Waals surface area contributed by atoms with Crippen LogP contribution in [0.4, 0.5) is 5.69 Å². The summed E-state index contributed by atoms with van der Waals surface area (Å²) in [6.45, 7) is 4.38. The van der Waals surface area contributed by atoms with E-state index >= 15 is 0 Å². The lowest BCUT2D eigenvalue weighted by Gasteiger charge is -2.36. The van der Waals surface area contributed by atoms with Crippen LogP contribution in [-0.2, 0) is 21.5 Å². The van der Waals surface area contributed by atoms with E-state index in [0.717, 1.165) is 9.87 Å². The summed E-state index contributed by atoms with van der Waals surface area (Å²) in [5.41, 5.74) is 1.54. The van der Waals surface area contributed by atoms with Crippen LogP contribution in [-0.4, -0.2) is 46.6 Å². The van der Waals surface area contributed by atoms with Crippen LogP contribution in [0.1, 0.15) is 30.6 Å². The number of phenolic OH excluding ortho intramolecular Hbond substituents is 1. The molecule has 3 rings (SSSR count). The summed E-state index contributed by atoms with van der Waals surface area (Å²) in [4.78, 5) is 12.8. The van der Waals surface area contributed by atoms with Gasteiger partial charge in [0.15, 0.2) is 0 Å². The lowest BCUT2D eigenvalue weighted by molar-refractivity contribution is -0.120. The molecule has 1 saturated heterocycles. The Labute approximate surface area is 168 Å². The fraction of sp³-hybridized carbons (Fsp3) is 0.412. The molecule has 3 N–H and O–H groups in total. The van der Waals surface area contributed by atoms with Gasteiger partial charge in [-0.2, -0.15) is 22.5 Å². The van der Waals surface area contributed by atoms with E-state index in [9.17, 15) is 18.3 Å². The maximum absolute atomic E-state index is 12.8. The second-order valence-corrected chi connectivity index (χ2v) is 8.82. The maximum Gasteiger partial charge on any atom is 0.280 e. The summed E-state index contributed by atoms with van der Waals surface area (Å²) in [6.07, 6.45) is 1.99. The van der Waals surface area contributed by atoms with Crippen molar-refractivity contribution >= 4 is 33.4 Å². The number of benzene rings is 1. The lowest BCUT2D eigenvalue weighted by atomic mass is 10.00. The van der Waals surface area contributed by atoms with Gasteiger partial charge in [0.1, 0.15) is 11.8 Å². The molecule has 2 heterocycles. The lowest BCUT2D eigenvalue weighted by Crippen LogP contribution is -2.56. The Hall–Kier alpha value is -2.14. The highest BCUT2D eigenvalue weighted by Crippen LogP contribution is 2.31. The van der Waals surface area contributed by atoms with Crippen molar-refractivity contribution in [3.8, 4) is 5.75 Å². The number of hydrogen-bond donors (Lipinski definition) is 3. The summed E-state index contributed by atoms with van der Waals surface area (Å²) in [5.74, 6) is -0.718. The second kappa shape index (κ2) is 7.70. The molecular weight excluding hydrogens is 406 g/mol. The van der Waals surface area contributed by atoms with Gasteiger partial charge in [0.25, 0.3) is 10.2 Å².